The molecule has 1 aliphatic heterocycles. The van der Waals surface area contributed by atoms with E-state index in [1.807, 2.05) is 19.1 Å². The zero-order valence-electron chi connectivity index (χ0n) is 11.6. The average molecular weight is 282 g/mol. The van der Waals surface area contributed by atoms with Crippen LogP contribution in [0.2, 0.25) is 0 Å². The van der Waals surface area contributed by atoms with Gasteiger partial charge in [0.05, 0.1) is 10.6 Å². The Bertz CT molecular complexity index is 511. The molecule has 0 aromatic heterocycles. The van der Waals surface area contributed by atoms with Gasteiger partial charge in [-0.3, -0.25) is 0 Å². The molecule has 1 heterocycles. The van der Waals surface area contributed by atoms with Gasteiger partial charge in [0, 0.05) is 31.4 Å². The van der Waals surface area contributed by atoms with Gasteiger partial charge in [-0.25, -0.2) is 8.42 Å². The van der Waals surface area contributed by atoms with Crippen LogP contribution in [0.25, 0.3) is 0 Å². The highest BCUT2D eigenvalue weighted by Gasteiger charge is 2.17. The number of piperazine rings is 1. The number of hydrogen-bond donors (Lipinski definition) is 1. The Hall–Kier alpha value is -1.07. The van der Waals surface area contributed by atoms with Crippen molar-refractivity contribution in [1.29, 1.82) is 0 Å². The van der Waals surface area contributed by atoms with Crippen molar-refractivity contribution in [2.75, 3.05) is 30.3 Å². The molecule has 0 spiro atoms. The molecule has 0 saturated carbocycles. The summed E-state index contributed by atoms with van der Waals surface area (Å²) < 4.78 is 23.9. The Morgan fingerprint density at radius 2 is 2.00 bits per heavy atom. The molecule has 4 nitrogen and oxygen atoms in total. The number of nitrogens with zero attached hydrogens (tertiary/aromatic N) is 1. The number of sulfone groups is 1. The molecule has 1 fully saturated rings. The van der Waals surface area contributed by atoms with Gasteiger partial charge in [-0.05, 0) is 37.6 Å². The molecule has 1 aromatic rings. The first-order chi connectivity index (χ1) is 9.03. The van der Waals surface area contributed by atoms with Gasteiger partial charge in [-0.15, -0.1) is 0 Å². The van der Waals surface area contributed by atoms with Crippen LogP contribution < -0.4 is 10.2 Å². The summed E-state index contributed by atoms with van der Waals surface area (Å²) in [5.41, 5.74) is 1.10. The maximum Gasteiger partial charge on any atom is 0.178 e. The van der Waals surface area contributed by atoms with Gasteiger partial charge in [-0.1, -0.05) is 6.92 Å². The van der Waals surface area contributed by atoms with Crippen LogP contribution in [-0.4, -0.2) is 39.8 Å². The minimum absolute atomic E-state index is 0.219. The minimum Gasteiger partial charge on any atom is -0.369 e. The second-order valence-corrected chi connectivity index (χ2v) is 7.22. The van der Waals surface area contributed by atoms with Crippen molar-refractivity contribution in [2.45, 2.75) is 31.2 Å². The molecule has 1 aliphatic rings. The summed E-state index contributed by atoms with van der Waals surface area (Å²) in [5, 5.41) is 3.40. The second-order valence-electron chi connectivity index (χ2n) is 5.11. The van der Waals surface area contributed by atoms with Crippen LogP contribution in [-0.2, 0) is 9.84 Å². The highest BCUT2D eigenvalue weighted by atomic mass is 32.2. The first kappa shape index (κ1) is 14.3. The van der Waals surface area contributed by atoms with Crippen molar-refractivity contribution >= 4 is 15.5 Å². The SMILES string of the molecule is CCCS(=O)(=O)c1ccc(N2CCN[C@@H](C)C2)cc1. The maximum atomic E-state index is 11.9. The predicted octanol–water partition coefficient (Wildman–Crippen LogP) is 1.67. The molecule has 5 heteroatoms. The van der Waals surface area contributed by atoms with Crippen LogP contribution >= 0.6 is 0 Å². The third-order valence-corrected chi connectivity index (χ3v) is 5.34. The standard InChI is InChI=1S/C14H22N2O2S/c1-3-10-19(17,18)14-6-4-13(5-7-14)16-9-8-15-12(2)11-16/h4-7,12,15H,3,8-11H2,1-2H3/t12-/m0/s1. The van der Waals surface area contributed by atoms with E-state index in [1.165, 1.54) is 0 Å². The van der Waals surface area contributed by atoms with E-state index in [-0.39, 0.29) is 5.75 Å². The molecule has 0 unspecified atom stereocenters. The zero-order valence-corrected chi connectivity index (χ0v) is 12.4. The Morgan fingerprint density at radius 3 is 2.58 bits per heavy atom. The van der Waals surface area contributed by atoms with Crippen LogP contribution in [0.1, 0.15) is 20.3 Å². The molecule has 1 atom stereocenters. The minimum atomic E-state index is -3.10. The van der Waals surface area contributed by atoms with Gasteiger partial charge >= 0.3 is 0 Å². The zero-order chi connectivity index (χ0) is 13.9. The number of benzene rings is 1. The van der Waals surface area contributed by atoms with E-state index in [9.17, 15) is 8.42 Å². The van der Waals surface area contributed by atoms with Crippen LogP contribution in [0.4, 0.5) is 5.69 Å². The summed E-state index contributed by atoms with van der Waals surface area (Å²) in [6.45, 7) is 6.93. The monoisotopic (exact) mass is 282 g/mol. The van der Waals surface area contributed by atoms with Gasteiger partial charge in [0.2, 0.25) is 0 Å². The van der Waals surface area contributed by atoms with Crippen molar-refractivity contribution in [3.05, 3.63) is 24.3 Å². The van der Waals surface area contributed by atoms with Crippen LogP contribution in [0, 0.1) is 0 Å². The molecule has 19 heavy (non-hydrogen) atoms. The van der Waals surface area contributed by atoms with E-state index in [2.05, 4.69) is 17.1 Å². The highest BCUT2D eigenvalue weighted by molar-refractivity contribution is 7.91. The fraction of sp³-hybridized carbons (Fsp3) is 0.571. The quantitative estimate of drug-likeness (QED) is 0.912. The first-order valence-corrected chi connectivity index (χ1v) is 8.49. The number of nitrogens with one attached hydrogen (secondary N) is 1. The van der Waals surface area contributed by atoms with Crippen molar-refractivity contribution in [3.63, 3.8) is 0 Å². The van der Waals surface area contributed by atoms with E-state index < -0.39 is 9.84 Å². The topological polar surface area (TPSA) is 49.4 Å². The lowest BCUT2D eigenvalue weighted by atomic mass is 10.2. The van der Waals surface area contributed by atoms with Gasteiger partial charge in [-0.2, -0.15) is 0 Å². The molecule has 0 amide bonds. The van der Waals surface area contributed by atoms with Gasteiger partial charge in [0.15, 0.2) is 9.84 Å². The largest absolute Gasteiger partial charge is 0.369 e. The average Bonchev–Trinajstić information content (AvgIpc) is 2.39. The molecule has 2 rings (SSSR count). The summed E-state index contributed by atoms with van der Waals surface area (Å²) >= 11 is 0. The summed E-state index contributed by atoms with van der Waals surface area (Å²) in [7, 11) is -3.10. The molecule has 0 aliphatic carbocycles. The second kappa shape index (κ2) is 5.92. The first-order valence-electron chi connectivity index (χ1n) is 6.84. The molecule has 1 aromatic carbocycles. The Morgan fingerprint density at radius 1 is 1.32 bits per heavy atom. The fourth-order valence-corrected chi connectivity index (χ4v) is 3.74. The van der Waals surface area contributed by atoms with Gasteiger partial charge < -0.3 is 10.2 Å². The van der Waals surface area contributed by atoms with Gasteiger partial charge in [0.1, 0.15) is 0 Å². The molecule has 0 bridgehead atoms. The predicted molar refractivity (Wildman–Crippen MR) is 78.5 cm³/mol. The maximum absolute atomic E-state index is 11.9. The summed E-state index contributed by atoms with van der Waals surface area (Å²) in [6.07, 6.45) is 0.652. The lowest BCUT2D eigenvalue weighted by Gasteiger charge is -2.33. The summed E-state index contributed by atoms with van der Waals surface area (Å²) in [6, 6.07) is 7.76. The Kier molecular flexibility index (Phi) is 4.47. The van der Waals surface area contributed by atoms with Crippen LogP contribution in [0.15, 0.2) is 29.2 Å². The lowest BCUT2D eigenvalue weighted by Crippen LogP contribution is -2.49. The lowest BCUT2D eigenvalue weighted by molar-refractivity contribution is 0.485. The Balaban J connectivity index is 2.14. The fourth-order valence-electron chi connectivity index (χ4n) is 2.42. The van der Waals surface area contributed by atoms with Crippen molar-refractivity contribution in [2.24, 2.45) is 0 Å². The molecular weight excluding hydrogens is 260 g/mol. The van der Waals surface area contributed by atoms with Crippen LogP contribution in [0.5, 0.6) is 0 Å². The van der Waals surface area contributed by atoms with E-state index in [1.54, 1.807) is 12.1 Å². The molecule has 1 saturated heterocycles. The van der Waals surface area contributed by atoms with E-state index >= 15 is 0 Å². The molecule has 1 N–H and O–H groups in total. The third-order valence-electron chi connectivity index (χ3n) is 3.40. The number of hydrogen-bond acceptors (Lipinski definition) is 4. The number of anilines is 1. The van der Waals surface area contributed by atoms with Crippen molar-refractivity contribution in [1.82, 2.24) is 5.32 Å². The van der Waals surface area contributed by atoms with E-state index in [0.717, 1.165) is 25.3 Å². The van der Waals surface area contributed by atoms with Crippen molar-refractivity contribution in [3.8, 4) is 0 Å². The third kappa shape index (κ3) is 3.48. The highest BCUT2D eigenvalue weighted by Crippen LogP contribution is 2.20. The normalized spacial score (nSPS) is 20.5. The molecule has 106 valence electrons. The van der Waals surface area contributed by atoms with Gasteiger partial charge in [0.25, 0.3) is 0 Å². The smallest absolute Gasteiger partial charge is 0.178 e. The van der Waals surface area contributed by atoms with E-state index in [4.69, 9.17) is 0 Å². The van der Waals surface area contributed by atoms with Crippen LogP contribution in [0.3, 0.4) is 0 Å². The summed E-state index contributed by atoms with van der Waals surface area (Å²) in [4.78, 5) is 2.72. The van der Waals surface area contributed by atoms with E-state index in [0.29, 0.717) is 17.4 Å². The molecule has 0 radical (unpaired) electrons. The molecular formula is C14H22N2O2S. The van der Waals surface area contributed by atoms with Crippen molar-refractivity contribution < 1.29 is 8.42 Å². The Labute approximate surface area is 115 Å². The summed E-state index contributed by atoms with van der Waals surface area (Å²) in [5.74, 6) is 0.219. The number of rotatable bonds is 4.